The average molecular weight is 250 g/mol. The molecule has 2 unspecified atom stereocenters. The van der Waals surface area contributed by atoms with Crippen LogP contribution >= 0.6 is 0 Å². The Morgan fingerprint density at radius 1 is 1.56 bits per heavy atom. The molecule has 3 nitrogen and oxygen atoms in total. The molecule has 0 heterocycles. The molecule has 18 heavy (non-hydrogen) atoms. The van der Waals surface area contributed by atoms with E-state index >= 15 is 0 Å². The molecule has 3 heteroatoms. The van der Waals surface area contributed by atoms with Gasteiger partial charge in [-0.3, -0.25) is 4.79 Å². The topological polar surface area (TPSA) is 57.5 Å². The predicted octanol–water partition coefficient (Wildman–Crippen LogP) is 1.68. The van der Waals surface area contributed by atoms with Gasteiger partial charge in [-0.1, -0.05) is 32.6 Å². The molecule has 0 aromatic carbocycles. The molecule has 100 valence electrons. The van der Waals surface area contributed by atoms with Crippen molar-refractivity contribution in [3.63, 3.8) is 0 Å². The summed E-state index contributed by atoms with van der Waals surface area (Å²) >= 11 is 0. The highest BCUT2D eigenvalue weighted by Gasteiger charge is 2.51. The van der Waals surface area contributed by atoms with Crippen LogP contribution in [0.25, 0.3) is 0 Å². The van der Waals surface area contributed by atoms with Crippen LogP contribution in [0.4, 0.5) is 0 Å². The van der Waals surface area contributed by atoms with Crippen molar-refractivity contribution in [1.29, 1.82) is 0 Å². The van der Waals surface area contributed by atoms with Crippen LogP contribution < -0.4 is 0 Å². The van der Waals surface area contributed by atoms with Gasteiger partial charge in [-0.2, -0.15) is 0 Å². The maximum absolute atomic E-state index is 11.6. The summed E-state index contributed by atoms with van der Waals surface area (Å²) in [6, 6.07) is 0. The summed E-state index contributed by atoms with van der Waals surface area (Å²) in [5.74, 6) is 5.81. The molecular formula is C15H22O3. The normalized spacial score (nSPS) is 31.8. The Balaban J connectivity index is 3.09. The second kappa shape index (κ2) is 5.26. The number of carbonyl (C=O) groups excluding carboxylic acids is 1. The van der Waals surface area contributed by atoms with E-state index in [1.54, 1.807) is 13.0 Å². The summed E-state index contributed by atoms with van der Waals surface area (Å²) in [4.78, 5) is 11.6. The molecule has 0 aromatic rings. The number of allylic oxidation sites excluding steroid dienone is 1. The lowest BCUT2D eigenvalue weighted by molar-refractivity contribution is -0.140. The predicted molar refractivity (Wildman–Crippen MR) is 70.8 cm³/mol. The van der Waals surface area contributed by atoms with Crippen LogP contribution in [0, 0.1) is 23.2 Å². The summed E-state index contributed by atoms with van der Waals surface area (Å²) < 4.78 is 0. The molecule has 1 aliphatic carbocycles. The standard InChI is InChI=1S/C15H22O3/c1-11(6-8-16)5-7-15(18)12(2)9-13(17)10-14(15,3)4/h6,12,16,18H,8-10H2,1-4H3. The highest BCUT2D eigenvalue weighted by molar-refractivity contribution is 5.81. The Morgan fingerprint density at radius 2 is 2.17 bits per heavy atom. The van der Waals surface area contributed by atoms with Crippen LogP contribution in [0.3, 0.4) is 0 Å². The molecule has 0 saturated heterocycles. The van der Waals surface area contributed by atoms with Gasteiger partial charge in [0.2, 0.25) is 0 Å². The van der Waals surface area contributed by atoms with Gasteiger partial charge in [0, 0.05) is 24.2 Å². The number of rotatable bonds is 1. The van der Waals surface area contributed by atoms with Crippen molar-refractivity contribution in [3.05, 3.63) is 11.6 Å². The van der Waals surface area contributed by atoms with Crippen LogP contribution in [0.2, 0.25) is 0 Å². The second-order valence-corrected chi connectivity index (χ2v) is 5.79. The van der Waals surface area contributed by atoms with E-state index in [0.717, 1.165) is 5.57 Å². The maximum atomic E-state index is 11.6. The third-order valence-corrected chi connectivity index (χ3v) is 3.77. The summed E-state index contributed by atoms with van der Waals surface area (Å²) in [6.07, 6.45) is 2.32. The first-order chi connectivity index (χ1) is 8.23. The van der Waals surface area contributed by atoms with Gasteiger partial charge in [-0.25, -0.2) is 0 Å². The van der Waals surface area contributed by atoms with Gasteiger partial charge in [-0.05, 0) is 18.6 Å². The maximum Gasteiger partial charge on any atom is 0.134 e. The first-order valence-corrected chi connectivity index (χ1v) is 6.28. The lowest BCUT2D eigenvalue weighted by atomic mass is 9.60. The molecule has 1 rings (SSSR count). The van der Waals surface area contributed by atoms with E-state index in [9.17, 15) is 9.90 Å². The van der Waals surface area contributed by atoms with Crippen molar-refractivity contribution in [3.8, 4) is 11.8 Å². The third kappa shape index (κ3) is 2.82. The number of aliphatic hydroxyl groups is 2. The minimum absolute atomic E-state index is 0.0592. The minimum atomic E-state index is -1.16. The van der Waals surface area contributed by atoms with Gasteiger partial charge in [0.05, 0.1) is 6.61 Å². The van der Waals surface area contributed by atoms with Crippen LogP contribution in [-0.2, 0) is 4.79 Å². The summed E-state index contributed by atoms with van der Waals surface area (Å²) in [5.41, 5.74) is -0.981. The van der Waals surface area contributed by atoms with Crippen molar-refractivity contribution in [1.82, 2.24) is 0 Å². The third-order valence-electron chi connectivity index (χ3n) is 3.77. The van der Waals surface area contributed by atoms with Crippen molar-refractivity contribution in [2.24, 2.45) is 11.3 Å². The molecule has 0 radical (unpaired) electrons. The molecule has 2 atom stereocenters. The van der Waals surface area contributed by atoms with Gasteiger partial charge in [0.15, 0.2) is 0 Å². The first-order valence-electron chi connectivity index (χ1n) is 6.28. The van der Waals surface area contributed by atoms with Gasteiger partial charge in [-0.15, -0.1) is 0 Å². The summed E-state index contributed by atoms with van der Waals surface area (Å²) in [7, 11) is 0. The van der Waals surface area contributed by atoms with E-state index < -0.39 is 11.0 Å². The van der Waals surface area contributed by atoms with Gasteiger partial charge in [0.25, 0.3) is 0 Å². The number of hydrogen-bond donors (Lipinski definition) is 2. The number of Topliss-reactive ketones (excluding diaryl/α,β-unsaturated/α-hetero) is 1. The van der Waals surface area contributed by atoms with Gasteiger partial charge >= 0.3 is 0 Å². The van der Waals surface area contributed by atoms with E-state index in [-0.39, 0.29) is 18.3 Å². The summed E-state index contributed by atoms with van der Waals surface area (Å²) in [6.45, 7) is 7.34. The molecular weight excluding hydrogens is 228 g/mol. The lowest BCUT2D eigenvalue weighted by Crippen LogP contribution is -2.53. The molecule has 0 spiro atoms. The second-order valence-electron chi connectivity index (χ2n) is 5.79. The molecule has 2 N–H and O–H groups in total. The quantitative estimate of drug-likeness (QED) is 0.696. The van der Waals surface area contributed by atoms with E-state index in [2.05, 4.69) is 11.8 Å². The molecule has 0 aromatic heterocycles. The van der Waals surface area contributed by atoms with Gasteiger partial charge < -0.3 is 10.2 Å². The SMILES string of the molecule is CC(C#CC1(O)C(C)CC(=O)CC1(C)C)=CCO. The molecule has 1 aliphatic rings. The fourth-order valence-corrected chi connectivity index (χ4v) is 2.53. The Labute approximate surface area is 109 Å². The highest BCUT2D eigenvalue weighted by Crippen LogP contribution is 2.45. The summed E-state index contributed by atoms with van der Waals surface area (Å²) in [5, 5.41) is 19.6. The van der Waals surface area contributed by atoms with Gasteiger partial charge in [0.1, 0.15) is 11.4 Å². The Morgan fingerprint density at radius 3 is 2.67 bits per heavy atom. The molecule has 1 saturated carbocycles. The smallest absolute Gasteiger partial charge is 0.134 e. The number of hydrogen-bond acceptors (Lipinski definition) is 3. The van der Waals surface area contributed by atoms with Crippen LogP contribution in [0.15, 0.2) is 11.6 Å². The number of ketones is 1. The van der Waals surface area contributed by atoms with Crippen LogP contribution in [-0.4, -0.2) is 28.2 Å². The fourth-order valence-electron chi connectivity index (χ4n) is 2.53. The van der Waals surface area contributed by atoms with Crippen molar-refractivity contribution in [2.45, 2.75) is 46.1 Å². The molecule has 0 aliphatic heterocycles. The zero-order valence-electron chi connectivity index (χ0n) is 11.6. The van der Waals surface area contributed by atoms with E-state index in [4.69, 9.17) is 5.11 Å². The zero-order valence-corrected chi connectivity index (χ0v) is 11.6. The van der Waals surface area contributed by atoms with E-state index in [0.29, 0.717) is 12.8 Å². The van der Waals surface area contributed by atoms with Crippen LogP contribution in [0.5, 0.6) is 0 Å². The van der Waals surface area contributed by atoms with E-state index in [1.807, 2.05) is 20.8 Å². The van der Waals surface area contributed by atoms with Crippen molar-refractivity contribution in [2.75, 3.05) is 6.61 Å². The largest absolute Gasteiger partial charge is 0.392 e. The highest BCUT2D eigenvalue weighted by atomic mass is 16.3. The Hall–Kier alpha value is -1.11. The molecule has 0 bridgehead atoms. The first kappa shape index (κ1) is 14.9. The minimum Gasteiger partial charge on any atom is -0.392 e. The lowest BCUT2D eigenvalue weighted by Gasteiger charge is -2.46. The average Bonchev–Trinajstić information content (AvgIpc) is 2.23. The van der Waals surface area contributed by atoms with Crippen molar-refractivity contribution >= 4 is 5.78 Å². The Kier molecular flexibility index (Phi) is 4.37. The van der Waals surface area contributed by atoms with Crippen LogP contribution in [0.1, 0.15) is 40.5 Å². The molecule has 1 fully saturated rings. The number of aliphatic hydroxyl groups excluding tert-OH is 1. The van der Waals surface area contributed by atoms with E-state index in [1.165, 1.54) is 0 Å². The Bertz CT molecular complexity index is 423. The fraction of sp³-hybridized carbons (Fsp3) is 0.667. The monoisotopic (exact) mass is 250 g/mol. The number of carbonyl (C=O) groups is 1. The zero-order chi connectivity index (χ0) is 14.0. The van der Waals surface area contributed by atoms with Crippen molar-refractivity contribution < 1.29 is 15.0 Å². The molecule has 0 amide bonds.